The molecule has 0 spiro atoms. The van der Waals surface area contributed by atoms with Crippen LogP contribution in [0.1, 0.15) is 19.1 Å². The van der Waals surface area contributed by atoms with Crippen molar-refractivity contribution >= 4 is 22.9 Å². The number of fused-ring (bicyclic) bond motifs is 1. The molecule has 5 N–H and O–H groups in total. The summed E-state index contributed by atoms with van der Waals surface area (Å²) in [5.74, 6) is 0.456. The van der Waals surface area contributed by atoms with Crippen molar-refractivity contribution in [3.63, 3.8) is 0 Å². The van der Waals surface area contributed by atoms with Gasteiger partial charge in [0.1, 0.15) is 5.72 Å². The predicted molar refractivity (Wildman–Crippen MR) is 74.5 cm³/mol. The van der Waals surface area contributed by atoms with E-state index in [4.69, 9.17) is 20.3 Å². The summed E-state index contributed by atoms with van der Waals surface area (Å²) in [6.45, 7) is 0.0490. The quantitative estimate of drug-likeness (QED) is 0.532. The fourth-order valence-corrected chi connectivity index (χ4v) is 2.38. The van der Waals surface area contributed by atoms with Gasteiger partial charge in [-0.05, 0) is 12.8 Å². The molecule has 1 aliphatic heterocycles. The number of nitrogens with two attached hydrogens (primary N) is 1. The zero-order valence-corrected chi connectivity index (χ0v) is 11.6. The third-order valence-corrected chi connectivity index (χ3v) is 3.71. The van der Waals surface area contributed by atoms with Gasteiger partial charge in [0.05, 0.1) is 19.5 Å². The van der Waals surface area contributed by atoms with Crippen molar-refractivity contribution in [3.05, 3.63) is 6.33 Å². The van der Waals surface area contributed by atoms with Gasteiger partial charge in [0.25, 0.3) is 0 Å². The molecule has 22 heavy (non-hydrogen) atoms. The zero-order chi connectivity index (χ0) is 15.3. The Hall–Kier alpha value is -2.01. The number of ether oxygens (including phenoxy) is 2. The molecule has 10 heteroatoms. The summed E-state index contributed by atoms with van der Waals surface area (Å²) >= 11 is 0. The smallest absolute Gasteiger partial charge is 0.224 e. The van der Waals surface area contributed by atoms with Crippen LogP contribution in [0.3, 0.4) is 0 Å². The molecule has 3 heterocycles. The SMILES string of the molecule is Nc1nc(NC2(O)CC2)c2ncn(C3COC(CO)O3)c2n1. The number of nitrogens with one attached hydrogen (secondary N) is 1. The van der Waals surface area contributed by atoms with E-state index in [-0.39, 0.29) is 19.2 Å². The maximum absolute atomic E-state index is 10.00. The van der Waals surface area contributed by atoms with Gasteiger partial charge in [0.15, 0.2) is 29.5 Å². The minimum absolute atomic E-state index is 0.0682. The number of rotatable bonds is 4. The molecule has 2 atom stereocenters. The van der Waals surface area contributed by atoms with Crippen LogP contribution < -0.4 is 11.1 Å². The molecule has 1 aliphatic carbocycles. The first-order chi connectivity index (χ1) is 10.6. The fraction of sp³-hybridized carbons (Fsp3) is 0.583. The predicted octanol–water partition coefficient (Wildman–Crippen LogP) is -0.833. The summed E-state index contributed by atoms with van der Waals surface area (Å²) < 4.78 is 12.5. The molecule has 0 radical (unpaired) electrons. The lowest BCUT2D eigenvalue weighted by atomic mass is 10.4. The monoisotopic (exact) mass is 308 g/mol. The number of imidazole rings is 1. The van der Waals surface area contributed by atoms with E-state index >= 15 is 0 Å². The number of nitrogens with zero attached hydrogens (tertiary/aromatic N) is 4. The molecule has 1 saturated heterocycles. The summed E-state index contributed by atoms with van der Waals surface area (Å²) in [6, 6.07) is 0. The van der Waals surface area contributed by atoms with Crippen LogP contribution in [0.15, 0.2) is 6.33 Å². The number of aromatic nitrogens is 4. The Kier molecular flexibility index (Phi) is 2.94. The van der Waals surface area contributed by atoms with Gasteiger partial charge in [-0.2, -0.15) is 9.97 Å². The molecule has 2 fully saturated rings. The summed E-state index contributed by atoms with van der Waals surface area (Å²) in [5, 5.41) is 22.0. The highest BCUT2D eigenvalue weighted by Crippen LogP contribution is 2.37. The Morgan fingerprint density at radius 2 is 2.27 bits per heavy atom. The number of hydrogen-bond acceptors (Lipinski definition) is 9. The molecular weight excluding hydrogens is 292 g/mol. The summed E-state index contributed by atoms with van der Waals surface area (Å²) in [4.78, 5) is 12.6. The lowest BCUT2D eigenvalue weighted by Crippen LogP contribution is -2.21. The van der Waals surface area contributed by atoms with Crippen LogP contribution in [-0.2, 0) is 9.47 Å². The standard InChI is InChI=1S/C12H16N6O4/c13-11-15-9(17-12(20)1-2-12)8-10(16-11)18(5-14-8)6-4-21-7(3-19)22-6/h5-7,19-20H,1-4H2,(H3,13,15,16,17). The highest BCUT2D eigenvalue weighted by atomic mass is 16.7. The van der Waals surface area contributed by atoms with Gasteiger partial charge in [-0.25, -0.2) is 4.98 Å². The topological polar surface area (TPSA) is 141 Å². The van der Waals surface area contributed by atoms with Crippen LogP contribution in [-0.4, -0.2) is 55.0 Å². The maximum Gasteiger partial charge on any atom is 0.224 e. The van der Waals surface area contributed by atoms with Crippen LogP contribution in [0.2, 0.25) is 0 Å². The van der Waals surface area contributed by atoms with E-state index in [1.165, 1.54) is 0 Å². The largest absolute Gasteiger partial charge is 0.391 e. The van der Waals surface area contributed by atoms with Crippen molar-refractivity contribution in [3.8, 4) is 0 Å². The average Bonchev–Trinajstić information content (AvgIpc) is 2.93. The molecular formula is C12H16N6O4. The van der Waals surface area contributed by atoms with E-state index in [1.807, 2.05) is 0 Å². The molecule has 0 amide bonds. The molecule has 10 nitrogen and oxygen atoms in total. The van der Waals surface area contributed by atoms with Crippen molar-refractivity contribution in [2.45, 2.75) is 31.1 Å². The molecule has 2 aromatic heterocycles. The highest BCUT2D eigenvalue weighted by Gasteiger charge is 2.41. The average molecular weight is 308 g/mol. The van der Waals surface area contributed by atoms with E-state index in [1.54, 1.807) is 10.9 Å². The normalized spacial score (nSPS) is 26.5. The minimum Gasteiger partial charge on any atom is -0.391 e. The number of anilines is 2. The van der Waals surface area contributed by atoms with Gasteiger partial charge in [-0.15, -0.1) is 0 Å². The van der Waals surface area contributed by atoms with Gasteiger partial charge in [-0.3, -0.25) is 4.57 Å². The minimum atomic E-state index is -0.938. The second kappa shape index (κ2) is 4.74. The first-order valence-electron chi connectivity index (χ1n) is 6.96. The molecule has 118 valence electrons. The maximum atomic E-state index is 10.00. The van der Waals surface area contributed by atoms with Crippen LogP contribution in [0.5, 0.6) is 0 Å². The van der Waals surface area contributed by atoms with Crippen LogP contribution >= 0.6 is 0 Å². The number of nitrogen functional groups attached to an aromatic ring is 1. The van der Waals surface area contributed by atoms with Crippen molar-refractivity contribution in [2.24, 2.45) is 0 Å². The van der Waals surface area contributed by atoms with Gasteiger partial charge in [-0.1, -0.05) is 0 Å². The van der Waals surface area contributed by atoms with Crippen molar-refractivity contribution in [2.75, 3.05) is 24.3 Å². The Morgan fingerprint density at radius 3 is 2.95 bits per heavy atom. The molecule has 1 saturated carbocycles. The van der Waals surface area contributed by atoms with E-state index in [0.717, 1.165) is 0 Å². The molecule has 2 aliphatic rings. The number of aliphatic hydroxyl groups is 2. The van der Waals surface area contributed by atoms with Gasteiger partial charge < -0.3 is 30.7 Å². The van der Waals surface area contributed by atoms with Gasteiger partial charge in [0.2, 0.25) is 5.95 Å². The van der Waals surface area contributed by atoms with Crippen molar-refractivity contribution in [1.29, 1.82) is 0 Å². The second-order valence-electron chi connectivity index (χ2n) is 5.45. The highest BCUT2D eigenvalue weighted by molar-refractivity contribution is 5.84. The Balaban J connectivity index is 1.72. The molecule has 0 bridgehead atoms. The molecule has 2 aromatic rings. The zero-order valence-electron chi connectivity index (χ0n) is 11.6. The summed E-state index contributed by atoms with van der Waals surface area (Å²) in [6.07, 6.45) is 1.74. The first-order valence-corrected chi connectivity index (χ1v) is 6.96. The lowest BCUT2D eigenvalue weighted by molar-refractivity contribution is -0.0980. The first kappa shape index (κ1) is 13.6. The fourth-order valence-electron chi connectivity index (χ4n) is 2.38. The van der Waals surface area contributed by atoms with Gasteiger partial charge in [0, 0.05) is 0 Å². The van der Waals surface area contributed by atoms with Crippen LogP contribution in [0.4, 0.5) is 11.8 Å². The van der Waals surface area contributed by atoms with E-state index in [0.29, 0.717) is 29.8 Å². The van der Waals surface area contributed by atoms with E-state index < -0.39 is 18.2 Å². The summed E-state index contributed by atoms with van der Waals surface area (Å²) in [7, 11) is 0. The van der Waals surface area contributed by atoms with Crippen LogP contribution in [0, 0.1) is 0 Å². The molecule has 4 rings (SSSR count). The Labute approximate surface area is 124 Å². The Morgan fingerprint density at radius 1 is 1.45 bits per heavy atom. The van der Waals surface area contributed by atoms with E-state index in [9.17, 15) is 5.11 Å². The second-order valence-corrected chi connectivity index (χ2v) is 5.45. The van der Waals surface area contributed by atoms with E-state index in [2.05, 4.69) is 20.3 Å². The summed E-state index contributed by atoms with van der Waals surface area (Å²) in [5.41, 5.74) is 5.78. The third kappa shape index (κ3) is 2.25. The van der Waals surface area contributed by atoms with Crippen LogP contribution in [0.25, 0.3) is 11.2 Å². The van der Waals surface area contributed by atoms with Crippen molar-refractivity contribution in [1.82, 2.24) is 19.5 Å². The van der Waals surface area contributed by atoms with Gasteiger partial charge >= 0.3 is 0 Å². The number of aliphatic hydroxyl groups excluding tert-OH is 1. The lowest BCUT2D eigenvalue weighted by Gasteiger charge is -2.13. The van der Waals surface area contributed by atoms with Crippen molar-refractivity contribution < 1.29 is 19.7 Å². The molecule has 2 unspecified atom stereocenters. The Bertz CT molecular complexity index is 715. The molecule has 0 aromatic carbocycles. The number of hydrogen-bond donors (Lipinski definition) is 4. The third-order valence-electron chi connectivity index (χ3n) is 3.71.